The molecule has 1 saturated heterocycles. The quantitative estimate of drug-likeness (QED) is 0.804. The molecule has 3 atom stereocenters. The highest BCUT2D eigenvalue weighted by Crippen LogP contribution is 2.48. The molecule has 1 unspecified atom stereocenters. The van der Waals surface area contributed by atoms with Crippen LogP contribution < -0.4 is 0 Å². The van der Waals surface area contributed by atoms with Gasteiger partial charge in [0.05, 0.1) is 24.4 Å². The van der Waals surface area contributed by atoms with Gasteiger partial charge in [0.2, 0.25) is 0 Å². The van der Waals surface area contributed by atoms with Gasteiger partial charge in [-0.25, -0.2) is 9.78 Å². The summed E-state index contributed by atoms with van der Waals surface area (Å²) in [7, 11) is 0. The number of nitrogens with zero attached hydrogens (tertiary/aromatic N) is 3. The summed E-state index contributed by atoms with van der Waals surface area (Å²) in [4.78, 5) is 35.0. The van der Waals surface area contributed by atoms with Gasteiger partial charge in [0, 0.05) is 12.2 Å². The van der Waals surface area contributed by atoms with E-state index in [-0.39, 0.29) is 24.3 Å². The van der Waals surface area contributed by atoms with E-state index in [1.807, 2.05) is 20.8 Å². The molecule has 0 aromatic carbocycles. The molecular weight excluding hydrogens is 362 g/mol. The van der Waals surface area contributed by atoms with Gasteiger partial charge in [0.25, 0.3) is 0 Å². The molecule has 0 N–H and O–H groups in total. The van der Waals surface area contributed by atoms with Gasteiger partial charge in [-0.2, -0.15) is 0 Å². The summed E-state index contributed by atoms with van der Waals surface area (Å²) in [5.41, 5.74) is 0.0436. The molecule has 1 saturated carbocycles. The molecule has 1 aromatic heterocycles. The molecule has 1 aromatic rings. The van der Waals surface area contributed by atoms with Crippen LogP contribution >= 0.6 is 15.9 Å². The number of ether oxygens (including phenoxy) is 1. The molecule has 0 bridgehead atoms. The van der Waals surface area contributed by atoms with Crippen molar-refractivity contribution in [2.45, 2.75) is 57.7 Å². The van der Waals surface area contributed by atoms with E-state index in [2.05, 4.69) is 25.9 Å². The summed E-state index contributed by atoms with van der Waals surface area (Å²) in [5.74, 6) is 0.431. The summed E-state index contributed by atoms with van der Waals surface area (Å²) in [6.45, 7) is 5.50. The van der Waals surface area contributed by atoms with Crippen molar-refractivity contribution in [3.8, 4) is 0 Å². The summed E-state index contributed by atoms with van der Waals surface area (Å²) >= 11 is 3.25. The second-order valence-electron chi connectivity index (χ2n) is 7.18. The topological polar surface area (TPSA) is 72.4 Å². The first-order chi connectivity index (χ1) is 10.7. The molecule has 1 aliphatic carbocycles. The molecule has 0 radical (unpaired) electrons. The van der Waals surface area contributed by atoms with Crippen molar-refractivity contribution in [2.24, 2.45) is 5.92 Å². The van der Waals surface area contributed by atoms with E-state index < -0.39 is 11.6 Å². The lowest BCUT2D eigenvalue weighted by atomic mass is 10.0. The molecule has 6 nitrogen and oxygen atoms in total. The molecule has 0 spiro atoms. The number of carbonyl (C=O) groups excluding carboxylic acids is 2. The first-order valence-corrected chi connectivity index (χ1v) is 8.54. The first kappa shape index (κ1) is 16.4. The zero-order valence-corrected chi connectivity index (χ0v) is 15.0. The van der Waals surface area contributed by atoms with Gasteiger partial charge in [-0.1, -0.05) is 0 Å². The van der Waals surface area contributed by atoms with E-state index in [9.17, 15) is 9.59 Å². The molecule has 2 aliphatic rings. The zero-order chi connectivity index (χ0) is 16.8. The smallest absolute Gasteiger partial charge is 0.411 e. The van der Waals surface area contributed by atoms with Gasteiger partial charge in [0.1, 0.15) is 10.2 Å². The van der Waals surface area contributed by atoms with E-state index in [1.54, 1.807) is 17.3 Å². The molecule has 23 heavy (non-hydrogen) atoms. The molecule has 3 rings (SSSR count). The standard InChI is InChI=1S/C16H20BrN3O3/c1-16(2,3)23-15(22)20-11-4-9(11)5-12(20)13(21)6-10-7-18-8-14(17)19-10/h7-9,11-12H,4-6H2,1-3H3/t9-,11?,12+/m1/s1. The van der Waals surface area contributed by atoms with Crippen LogP contribution in [0.25, 0.3) is 0 Å². The predicted molar refractivity (Wildman–Crippen MR) is 86.8 cm³/mol. The minimum atomic E-state index is -0.562. The first-order valence-electron chi connectivity index (χ1n) is 7.75. The zero-order valence-electron chi connectivity index (χ0n) is 13.5. The fourth-order valence-electron chi connectivity index (χ4n) is 3.08. The highest BCUT2D eigenvalue weighted by atomic mass is 79.9. The summed E-state index contributed by atoms with van der Waals surface area (Å²) in [6, 6.07) is -0.248. The minimum absolute atomic E-state index is 0.00420. The van der Waals surface area contributed by atoms with Gasteiger partial charge in [-0.15, -0.1) is 0 Å². The van der Waals surface area contributed by atoms with Crippen molar-refractivity contribution in [1.82, 2.24) is 14.9 Å². The van der Waals surface area contributed by atoms with E-state index in [0.29, 0.717) is 16.2 Å². The number of Topliss-reactive ketones (excluding diaryl/α,β-unsaturated/α-hetero) is 1. The van der Waals surface area contributed by atoms with Gasteiger partial charge < -0.3 is 4.74 Å². The average Bonchev–Trinajstić information content (AvgIpc) is 3.06. The predicted octanol–water partition coefficient (Wildman–Crippen LogP) is 2.75. The van der Waals surface area contributed by atoms with Crippen LogP contribution in [0.1, 0.15) is 39.3 Å². The molecule has 1 aliphatic heterocycles. The Morgan fingerprint density at radius 1 is 1.35 bits per heavy atom. The minimum Gasteiger partial charge on any atom is -0.444 e. The summed E-state index contributed by atoms with van der Waals surface area (Å²) in [6.07, 6.45) is 4.64. The van der Waals surface area contributed by atoms with Gasteiger partial charge in [-0.3, -0.25) is 14.7 Å². The number of hydrogen-bond donors (Lipinski definition) is 0. The third-order valence-corrected chi connectivity index (χ3v) is 4.47. The van der Waals surface area contributed by atoms with Gasteiger partial charge >= 0.3 is 6.09 Å². The Hall–Kier alpha value is -1.50. The van der Waals surface area contributed by atoms with Crippen LogP contribution in [0.4, 0.5) is 4.79 Å². The Labute approximate surface area is 143 Å². The largest absolute Gasteiger partial charge is 0.444 e. The van der Waals surface area contributed by atoms with Crippen LogP contribution in [0.2, 0.25) is 0 Å². The van der Waals surface area contributed by atoms with E-state index in [0.717, 1.165) is 12.8 Å². The van der Waals surface area contributed by atoms with Crippen molar-refractivity contribution in [3.63, 3.8) is 0 Å². The molecule has 2 fully saturated rings. The van der Waals surface area contributed by atoms with Crippen LogP contribution in [0.3, 0.4) is 0 Å². The average molecular weight is 382 g/mol. The number of rotatable bonds is 3. The van der Waals surface area contributed by atoms with E-state index in [4.69, 9.17) is 4.74 Å². The Kier molecular flexibility index (Phi) is 4.16. The lowest BCUT2D eigenvalue weighted by Gasteiger charge is -2.29. The maximum absolute atomic E-state index is 12.6. The Morgan fingerprint density at radius 2 is 2.09 bits per heavy atom. The monoisotopic (exact) mass is 381 g/mol. The van der Waals surface area contributed by atoms with Crippen molar-refractivity contribution in [2.75, 3.05) is 0 Å². The van der Waals surface area contributed by atoms with Crippen molar-refractivity contribution in [3.05, 3.63) is 22.7 Å². The number of amides is 1. The number of fused-ring (bicyclic) bond motifs is 1. The molecule has 1 amide bonds. The fourth-order valence-corrected chi connectivity index (χ4v) is 3.43. The maximum Gasteiger partial charge on any atom is 0.411 e. The lowest BCUT2D eigenvalue weighted by molar-refractivity contribution is -0.123. The number of halogens is 1. The lowest BCUT2D eigenvalue weighted by Crippen LogP contribution is -2.46. The number of aromatic nitrogens is 2. The van der Waals surface area contributed by atoms with Crippen LogP contribution in [-0.2, 0) is 16.0 Å². The van der Waals surface area contributed by atoms with E-state index >= 15 is 0 Å². The van der Waals surface area contributed by atoms with Crippen LogP contribution in [-0.4, -0.2) is 44.4 Å². The highest BCUT2D eigenvalue weighted by Gasteiger charge is 2.56. The number of hydrogen-bond acceptors (Lipinski definition) is 5. The Bertz CT molecular complexity index is 644. The number of carbonyl (C=O) groups is 2. The van der Waals surface area contributed by atoms with Gasteiger partial charge in [0.15, 0.2) is 5.78 Å². The van der Waals surface area contributed by atoms with Crippen molar-refractivity contribution < 1.29 is 14.3 Å². The molecule has 124 valence electrons. The number of ketones is 1. The molecule has 7 heteroatoms. The molecule has 2 heterocycles. The second kappa shape index (κ2) is 5.85. The fraction of sp³-hybridized carbons (Fsp3) is 0.625. The van der Waals surface area contributed by atoms with Crippen molar-refractivity contribution in [1.29, 1.82) is 0 Å². The normalized spacial score (nSPS) is 25.9. The summed E-state index contributed by atoms with van der Waals surface area (Å²) in [5, 5.41) is 0. The highest BCUT2D eigenvalue weighted by molar-refractivity contribution is 9.10. The van der Waals surface area contributed by atoms with Crippen LogP contribution in [0.5, 0.6) is 0 Å². The SMILES string of the molecule is CC(C)(C)OC(=O)N1C2C[C@@H]2C[C@H]1C(=O)Cc1cncc(Br)n1. The Balaban J connectivity index is 1.71. The third kappa shape index (κ3) is 3.71. The van der Waals surface area contributed by atoms with Crippen molar-refractivity contribution >= 4 is 27.8 Å². The number of likely N-dealkylation sites (tertiary alicyclic amines) is 1. The molecular formula is C16H20BrN3O3. The maximum atomic E-state index is 12.6. The van der Waals surface area contributed by atoms with E-state index in [1.165, 1.54) is 0 Å². The Morgan fingerprint density at radius 3 is 2.74 bits per heavy atom. The summed E-state index contributed by atoms with van der Waals surface area (Å²) < 4.78 is 6.07. The second-order valence-corrected chi connectivity index (χ2v) is 7.99. The van der Waals surface area contributed by atoms with Gasteiger partial charge in [-0.05, 0) is 55.5 Å². The number of piperidine rings is 1. The van der Waals surface area contributed by atoms with Crippen LogP contribution in [0, 0.1) is 5.92 Å². The van der Waals surface area contributed by atoms with Crippen LogP contribution in [0.15, 0.2) is 17.0 Å². The third-order valence-electron chi connectivity index (χ3n) is 4.09.